The molecule has 3 aromatic rings. The highest BCUT2D eigenvalue weighted by Gasteiger charge is 2.26. The minimum absolute atomic E-state index is 0.124. The Labute approximate surface area is 144 Å². The molecule has 25 heavy (non-hydrogen) atoms. The van der Waals surface area contributed by atoms with Crippen LogP contribution in [0.25, 0.3) is 11.1 Å². The molecule has 1 amide bonds. The number of para-hydroxylation sites is 1. The summed E-state index contributed by atoms with van der Waals surface area (Å²) in [7, 11) is 0. The molecule has 124 valence electrons. The fourth-order valence-corrected chi connectivity index (χ4v) is 2.83. The molecule has 0 bridgehead atoms. The number of amides is 1. The maximum Gasteiger partial charge on any atom is 0.271 e. The Morgan fingerprint density at radius 3 is 2.84 bits per heavy atom. The Hall–Kier alpha value is -3.35. The van der Waals surface area contributed by atoms with E-state index in [0.29, 0.717) is 12.2 Å². The molecule has 1 aliphatic heterocycles. The van der Waals surface area contributed by atoms with Gasteiger partial charge in [-0.1, -0.05) is 18.2 Å². The van der Waals surface area contributed by atoms with Gasteiger partial charge >= 0.3 is 0 Å². The lowest BCUT2D eigenvalue weighted by atomic mass is 10.0. The van der Waals surface area contributed by atoms with Gasteiger partial charge in [-0.25, -0.2) is 15.0 Å². The first-order valence-electron chi connectivity index (χ1n) is 7.89. The van der Waals surface area contributed by atoms with Gasteiger partial charge in [0.25, 0.3) is 5.91 Å². The molecule has 7 heteroatoms. The Morgan fingerprint density at radius 2 is 2.04 bits per heavy atom. The third kappa shape index (κ3) is 3.16. The standard InChI is InChI=1S/C18H15N5O2/c24-18(16-10-19-4-5-22-16)23-9-14-6-12-2-1-3-15(17(12)25-14)13-7-20-11-21-8-13/h1-5,7-8,10-11,14H,6,9H2,(H,23,24)/t14-/m0/s1. The highest BCUT2D eigenvalue weighted by Crippen LogP contribution is 2.38. The summed E-state index contributed by atoms with van der Waals surface area (Å²) in [5.41, 5.74) is 3.27. The van der Waals surface area contributed by atoms with Crippen molar-refractivity contribution in [3.8, 4) is 16.9 Å². The second-order valence-corrected chi connectivity index (χ2v) is 5.67. The Bertz CT molecular complexity index is 886. The summed E-state index contributed by atoms with van der Waals surface area (Å²) in [4.78, 5) is 28.1. The smallest absolute Gasteiger partial charge is 0.271 e. The summed E-state index contributed by atoms with van der Waals surface area (Å²) in [5, 5.41) is 2.84. The van der Waals surface area contributed by atoms with E-state index in [-0.39, 0.29) is 12.0 Å². The second kappa shape index (κ2) is 6.64. The first-order valence-corrected chi connectivity index (χ1v) is 7.89. The van der Waals surface area contributed by atoms with Crippen molar-refractivity contribution in [1.29, 1.82) is 0 Å². The maximum atomic E-state index is 12.1. The Morgan fingerprint density at radius 1 is 1.16 bits per heavy atom. The van der Waals surface area contributed by atoms with Crippen LogP contribution >= 0.6 is 0 Å². The number of hydrogen-bond donors (Lipinski definition) is 1. The molecule has 0 saturated heterocycles. The number of rotatable bonds is 4. The lowest BCUT2D eigenvalue weighted by Gasteiger charge is -2.13. The monoisotopic (exact) mass is 333 g/mol. The maximum absolute atomic E-state index is 12.1. The van der Waals surface area contributed by atoms with Crippen LogP contribution in [0, 0.1) is 0 Å². The topological polar surface area (TPSA) is 89.9 Å². The number of carbonyl (C=O) groups excluding carboxylic acids is 1. The number of benzene rings is 1. The van der Waals surface area contributed by atoms with Crippen LogP contribution in [0.2, 0.25) is 0 Å². The molecule has 1 atom stereocenters. The molecule has 2 aromatic heterocycles. The molecule has 3 heterocycles. The van der Waals surface area contributed by atoms with E-state index in [0.717, 1.165) is 28.9 Å². The third-order valence-corrected chi connectivity index (χ3v) is 3.99. The zero-order chi connectivity index (χ0) is 17.1. The first-order chi connectivity index (χ1) is 12.3. The number of carbonyl (C=O) groups is 1. The number of hydrogen-bond acceptors (Lipinski definition) is 6. The summed E-state index contributed by atoms with van der Waals surface area (Å²) < 4.78 is 6.07. The van der Waals surface area contributed by atoms with E-state index in [4.69, 9.17) is 4.74 Å². The summed E-state index contributed by atoms with van der Waals surface area (Å²) in [6.07, 6.45) is 10.1. The third-order valence-electron chi connectivity index (χ3n) is 3.99. The van der Waals surface area contributed by atoms with Gasteiger partial charge in [0.2, 0.25) is 0 Å². The molecule has 0 saturated carbocycles. The van der Waals surface area contributed by atoms with Crippen LogP contribution in [0.3, 0.4) is 0 Å². The van der Waals surface area contributed by atoms with Gasteiger partial charge in [-0.05, 0) is 5.56 Å². The van der Waals surface area contributed by atoms with Crippen molar-refractivity contribution in [1.82, 2.24) is 25.3 Å². The van der Waals surface area contributed by atoms with Gasteiger partial charge in [0, 0.05) is 42.3 Å². The molecular weight excluding hydrogens is 318 g/mol. The predicted molar refractivity (Wildman–Crippen MR) is 90.0 cm³/mol. The molecule has 0 fully saturated rings. The van der Waals surface area contributed by atoms with Crippen LogP contribution in [-0.4, -0.2) is 38.5 Å². The van der Waals surface area contributed by atoms with Crippen LogP contribution in [0.15, 0.2) is 55.5 Å². The fourth-order valence-electron chi connectivity index (χ4n) is 2.83. The summed E-state index contributed by atoms with van der Waals surface area (Å²) in [5.74, 6) is 0.570. The number of fused-ring (bicyclic) bond motifs is 1. The molecule has 0 aliphatic carbocycles. The van der Waals surface area contributed by atoms with Gasteiger partial charge in [-0.15, -0.1) is 0 Å². The van der Waals surface area contributed by atoms with Crippen LogP contribution in [0.4, 0.5) is 0 Å². The SMILES string of the molecule is O=C(NC[C@@H]1Cc2cccc(-c3cncnc3)c2O1)c1cnccn1. The van der Waals surface area contributed by atoms with E-state index < -0.39 is 0 Å². The van der Waals surface area contributed by atoms with Gasteiger partial charge in [-0.3, -0.25) is 9.78 Å². The zero-order valence-corrected chi connectivity index (χ0v) is 13.3. The van der Waals surface area contributed by atoms with Gasteiger partial charge in [0.05, 0.1) is 12.7 Å². The second-order valence-electron chi connectivity index (χ2n) is 5.67. The van der Waals surface area contributed by atoms with Crippen LogP contribution < -0.4 is 10.1 Å². The van der Waals surface area contributed by atoms with Gasteiger partial charge in [0.1, 0.15) is 23.9 Å². The van der Waals surface area contributed by atoms with Crippen LogP contribution in [-0.2, 0) is 6.42 Å². The molecule has 4 rings (SSSR count). The number of nitrogens with one attached hydrogen (secondary N) is 1. The quantitative estimate of drug-likeness (QED) is 0.781. The van der Waals surface area contributed by atoms with Crippen molar-refractivity contribution >= 4 is 5.91 Å². The fraction of sp³-hybridized carbons (Fsp3) is 0.167. The zero-order valence-electron chi connectivity index (χ0n) is 13.3. The van der Waals surface area contributed by atoms with E-state index in [2.05, 4.69) is 25.3 Å². The lowest BCUT2D eigenvalue weighted by Crippen LogP contribution is -2.34. The van der Waals surface area contributed by atoms with Crippen molar-refractivity contribution in [2.45, 2.75) is 12.5 Å². The molecule has 7 nitrogen and oxygen atoms in total. The number of nitrogens with zero attached hydrogens (tertiary/aromatic N) is 4. The summed E-state index contributed by atoms with van der Waals surface area (Å²) in [6.45, 7) is 0.398. The first kappa shape index (κ1) is 15.2. The average molecular weight is 333 g/mol. The highest BCUT2D eigenvalue weighted by atomic mass is 16.5. The summed E-state index contributed by atoms with van der Waals surface area (Å²) in [6, 6.07) is 6.01. The van der Waals surface area contributed by atoms with Crippen molar-refractivity contribution in [3.63, 3.8) is 0 Å². The van der Waals surface area contributed by atoms with E-state index in [9.17, 15) is 4.79 Å². The normalized spacial score (nSPS) is 15.3. The van der Waals surface area contributed by atoms with Crippen molar-refractivity contribution in [2.24, 2.45) is 0 Å². The largest absolute Gasteiger partial charge is 0.487 e. The average Bonchev–Trinajstić information content (AvgIpc) is 3.10. The molecular formula is C18H15N5O2. The predicted octanol–water partition coefficient (Wildman–Crippen LogP) is 1.67. The van der Waals surface area contributed by atoms with E-state index in [1.54, 1.807) is 12.4 Å². The molecule has 1 N–H and O–H groups in total. The van der Waals surface area contributed by atoms with Crippen molar-refractivity contribution in [2.75, 3.05) is 6.54 Å². The minimum atomic E-state index is -0.260. The Balaban J connectivity index is 1.46. The lowest BCUT2D eigenvalue weighted by molar-refractivity contribution is 0.0928. The van der Waals surface area contributed by atoms with Gasteiger partial charge < -0.3 is 10.1 Å². The highest BCUT2D eigenvalue weighted by molar-refractivity contribution is 5.91. The van der Waals surface area contributed by atoms with Crippen molar-refractivity contribution < 1.29 is 9.53 Å². The molecule has 0 unspecified atom stereocenters. The minimum Gasteiger partial charge on any atom is -0.487 e. The molecule has 0 radical (unpaired) electrons. The molecule has 0 spiro atoms. The number of ether oxygens (including phenoxy) is 1. The van der Waals surface area contributed by atoms with E-state index in [1.165, 1.54) is 24.9 Å². The number of aromatic nitrogens is 4. The van der Waals surface area contributed by atoms with E-state index >= 15 is 0 Å². The van der Waals surface area contributed by atoms with E-state index in [1.807, 2.05) is 18.2 Å². The Kier molecular flexibility index (Phi) is 4.04. The van der Waals surface area contributed by atoms with Crippen molar-refractivity contribution in [3.05, 3.63) is 66.8 Å². The van der Waals surface area contributed by atoms with Crippen LogP contribution in [0.1, 0.15) is 16.1 Å². The molecule has 1 aliphatic rings. The van der Waals surface area contributed by atoms with Gasteiger partial charge in [0.15, 0.2) is 0 Å². The molecule has 1 aromatic carbocycles. The summed E-state index contributed by atoms with van der Waals surface area (Å²) >= 11 is 0. The van der Waals surface area contributed by atoms with Crippen LogP contribution in [0.5, 0.6) is 5.75 Å². The van der Waals surface area contributed by atoms with Gasteiger partial charge in [-0.2, -0.15) is 0 Å².